The van der Waals surface area contributed by atoms with Crippen molar-refractivity contribution < 1.29 is 14.3 Å². The summed E-state index contributed by atoms with van der Waals surface area (Å²) in [6.45, 7) is 1.94. The minimum atomic E-state index is -0.598. The smallest absolute Gasteiger partial charge is 0.269 e. The predicted octanol–water partition coefficient (Wildman–Crippen LogP) is 0.288. The fourth-order valence-electron chi connectivity index (χ4n) is 2.54. The van der Waals surface area contributed by atoms with Crippen LogP contribution in [0.4, 0.5) is 5.69 Å². The van der Waals surface area contributed by atoms with Gasteiger partial charge in [0.25, 0.3) is 5.91 Å². The van der Waals surface area contributed by atoms with Crippen molar-refractivity contribution in [1.82, 2.24) is 15.1 Å². The van der Waals surface area contributed by atoms with Crippen molar-refractivity contribution in [1.29, 1.82) is 0 Å². The van der Waals surface area contributed by atoms with Gasteiger partial charge in [0, 0.05) is 25.2 Å². The van der Waals surface area contributed by atoms with E-state index < -0.39 is 5.91 Å². The number of morpholine rings is 1. The highest BCUT2D eigenvalue weighted by Crippen LogP contribution is 2.20. The number of hydrogen-bond donors (Lipinski definition) is 3. The number of amides is 2. The topological polar surface area (TPSA) is 111 Å². The molecule has 1 saturated heterocycles. The van der Waals surface area contributed by atoms with Gasteiger partial charge in [-0.2, -0.15) is 5.10 Å². The molecule has 8 heteroatoms. The number of ether oxygens (including phenoxy) is 1. The van der Waals surface area contributed by atoms with Gasteiger partial charge in [0.05, 0.1) is 24.6 Å². The van der Waals surface area contributed by atoms with Gasteiger partial charge in [-0.15, -0.1) is 0 Å². The lowest BCUT2D eigenvalue weighted by molar-refractivity contribution is -0.117. The van der Waals surface area contributed by atoms with Crippen LogP contribution in [0.25, 0.3) is 5.69 Å². The third-order valence-electron chi connectivity index (χ3n) is 3.70. The van der Waals surface area contributed by atoms with Crippen LogP contribution in [-0.4, -0.2) is 47.4 Å². The molecular weight excluding hydrogens is 310 g/mol. The van der Waals surface area contributed by atoms with Crippen LogP contribution >= 0.6 is 0 Å². The summed E-state index contributed by atoms with van der Waals surface area (Å²) in [6, 6.07) is 8.77. The zero-order valence-corrected chi connectivity index (χ0v) is 13.1. The summed E-state index contributed by atoms with van der Waals surface area (Å²) < 4.78 is 6.86. The van der Waals surface area contributed by atoms with E-state index in [9.17, 15) is 9.59 Å². The number of carbonyl (C=O) groups is 2. The van der Waals surface area contributed by atoms with Gasteiger partial charge in [-0.1, -0.05) is 12.1 Å². The summed E-state index contributed by atoms with van der Waals surface area (Å²) in [4.78, 5) is 23.5. The van der Waals surface area contributed by atoms with Crippen LogP contribution < -0.4 is 16.4 Å². The van der Waals surface area contributed by atoms with Crippen molar-refractivity contribution in [2.24, 2.45) is 5.73 Å². The number of carbonyl (C=O) groups excluding carboxylic acids is 2. The summed E-state index contributed by atoms with van der Waals surface area (Å²) >= 11 is 0. The molecule has 0 aliphatic carbocycles. The summed E-state index contributed by atoms with van der Waals surface area (Å²) in [5, 5.41) is 10.2. The molecule has 1 fully saturated rings. The van der Waals surface area contributed by atoms with E-state index in [4.69, 9.17) is 10.5 Å². The lowest BCUT2D eigenvalue weighted by Gasteiger charge is -2.23. The molecule has 2 aromatic rings. The maximum Gasteiger partial charge on any atom is 0.269 e. The lowest BCUT2D eigenvalue weighted by Crippen LogP contribution is -2.43. The zero-order chi connectivity index (χ0) is 16.9. The number of para-hydroxylation sites is 2. The van der Waals surface area contributed by atoms with Crippen molar-refractivity contribution in [3.05, 3.63) is 42.2 Å². The van der Waals surface area contributed by atoms with Crippen molar-refractivity contribution in [2.45, 2.75) is 12.5 Å². The second-order valence-electron chi connectivity index (χ2n) is 5.51. The molecule has 3 rings (SSSR count). The second-order valence-corrected chi connectivity index (χ2v) is 5.51. The Hall–Kier alpha value is -2.71. The molecule has 1 aromatic carbocycles. The number of nitrogens with one attached hydrogen (secondary N) is 2. The maximum absolute atomic E-state index is 12.3. The molecule has 1 unspecified atom stereocenters. The first-order chi connectivity index (χ1) is 11.6. The van der Waals surface area contributed by atoms with Gasteiger partial charge in [0.1, 0.15) is 5.69 Å². The molecule has 0 spiro atoms. The molecule has 4 N–H and O–H groups in total. The van der Waals surface area contributed by atoms with Gasteiger partial charge >= 0.3 is 0 Å². The molecule has 0 bridgehead atoms. The largest absolute Gasteiger partial charge is 0.378 e. The fraction of sp³-hybridized carbons (Fsp3) is 0.312. The number of nitrogens with zero attached hydrogens (tertiary/aromatic N) is 2. The van der Waals surface area contributed by atoms with Crippen LogP contribution in [0.2, 0.25) is 0 Å². The number of hydrogen-bond acceptors (Lipinski definition) is 5. The number of aromatic nitrogens is 2. The van der Waals surface area contributed by atoms with Gasteiger partial charge in [-0.05, 0) is 18.2 Å². The molecule has 8 nitrogen and oxygen atoms in total. The van der Waals surface area contributed by atoms with Gasteiger partial charge in [-0.3, -0.25) is 9.59 Å². The number of primary amides is 1. The molecule has 1 aliphatic heterocycles. The third-order valence-corrected chi connectivity index (χ3v) is 3.70. The molecule has 1 atom stereocenters. The molecule has 2 amide bonds. The molecule has 126 valence electrons. The molecule has 1 aromatic heterocycles. The zero-order valence-electron chi connectivity index (χ0n) is 13.1. The number of anilines is 1. The SMILES string of the molecule is NC(=O)c1ccn(-c2ccccc2NC(=O)CC2COCCN2)n1. The van der Waals surface area contributed by atoms with Gasteiger partial charge in [-0.25, -0.2) is 4.68 Å². The monoisotopic (exact) mass is 329 g/mol. The second kappa shape index (κ2) is 7.24. The van der Waals surface area contributed by atoms with Crippen LogP contribution in [0.3, 0.4) is 0 Å². The first-order valence-corrected chi connectivity index (χ1v) is 7.69. The standard InChI is InChI=1S/C16H19N5O3/c17-16(23)13-5-7-21(20-13)14-4-2-1-3-12(14)19-15(22)9-11-10-24-8-6-18-11/h1-5,7,11,18H,6,8-10H2,(H2,17,23)(H,19,22). The Labute approximate surface area is 139 Å². The van der Waals surface area contributed by atoms with E-state index in [1.165, 1.54) is 10.7 Å². The van der Waals surface area contributed by atoms with Crippen molar-refractivity contribution in [3.8, 4) is 5.69 Å². The summed E-state index contributed by atoms with van der Waals surface area (Å²) in [5.41, 5.74) is 6.66. The summed E-state index contributed by atoms with van der Waals surface area (Å²) in [6.07, 6.45) is 1.95. The summed E-state index contributed by atoms with van der Waals surface area (Å²) in [7, 11) is 0. The van der Waals surface area contributed by atoms with E-state index in [-0.39, 0.29) is 17.6 Å². The third kappa shape index (κ3) is 3.79. The van der Waals surface area contributed by atoms with Gasteiger partial charge in [0.2, 0.25) is 5.91 Å². The first-order valence-electron chi connectivity index (χ1n) is 7.69. The molecule has 0 radical (unpaired) electrons. The maximum atomic E-state index is 12.3. The Bertz CT molecular complexity index is 737. The molecule has 1 aliphatic rings. The predicted molar refractivity (Wildman–Crippen MR) is 87.9 cm³/mol. The minimum absolute atomic E-state index is 0.0112. The highest BCUT2D eigenvalue weighted by atomic mass is 16.5. The Morgan fingerprint density at radius 1 is 1.38 bits per heavy atom. The van der Waals surface area contributed by atoms with Crippen molar-refractivity contribution >= 4 is 17.5 Å². The quantitative estimate of drug-likeness (QED) is 0.730. The highest BCUT2D eigenvalue weighted by molar-refractivity contribution is 5.93. The Morgan fingerprint density at radius 3 is 2.92 bits per heavy atom. The average Bonchev–Trinajstić information content (AvgIpc) is 3.06. The molecule has 24 heavy (non-hydrogen) atoms. The molecule has 2 heterocycles. The van der Waals surface area contributed by atoms with Crippen LogP contribution in [0.15, 0.2) is 36.5 Å². The van der Waals surface area contributed by atoms with E-state index in [1.54, 1.807) is 18.3 Å². The number of nitrogens with two attached hydrogens (primary N) is 1. The van der Waals surface area contributed by atoms with E-state index in [2.05, 4.69) is 15.7 Å². The molecular formula is C16H19N5O3. The fourth-order valence-corrected chi connectivity index (χ4v) is 2.54. The highest BCUT2D eigenvalue weighted by Gasteiger charge is 2.18. The van der Waals surface area contributed by atoms with Crippen molar-refractivity contribution in [2.75, 3.05) is 25.1 Å². The van der Waals surface area contributed by atoms with E-state index >= 15 is 0 Å². The van der Waals surface area contributed by atoms with Crippen LogP contribution in [0.5, 0.6) is 0 Å². The molecule has 0 saturated carbocycles. The van der Waals surface area contributed by atoms with Crippen molar-refractivity contribution in [3.63, 3.8) is 0 Å². The first kappa shape index (κ1) is 16.2. The number of benzene rings is 1. The Balaban J connectivity index is 1.73. The van der Waals surface area contributed by atoms with Gasteiger partial charge in [0.15, 0.2) is 0 Å². The Kier molecular flexibility index (Phi) is 4.88. The van der Waals surface area contributed by atoms with Gasteiger partial charge < -0.3 is 21.1 Å². The lowest BCUT2D eigenvalue weighted by atomic mass is 10.2. The van der Waals surface area contributed by atoms with E-state index in [0.29, 0.717) is 31.0 Å². The van der Waals surface area contributed by atoms with E-state index in [1.807, 2.05) is 12.1 Å². The van der Waals surface area contributed by atoms with Crippen LogP contribution in [-0.2, 0) is 9.53 Å². The number of rotatable bonds is 5. The van der Waals surface area contributed by atoms with Crippen LogP contribution in [0.1, 0.15) is 16.9 Å². The minimum Gasteiger partial charge on any atom is -0.378 e. The van der Waals surface area contributed by atoms with E-state index in [0.717, 1.165) is 6.54 Å². The normalized spacial score (nSPS) is 17.4. The van der Waals surface area contributed by atoms with Crippen LogP contribution in [0, 0.1) is 0 Å². The average molecular weight is 329 g/mol. The summed E-state index contributed by atoms with van der Waals surface area (Å²) in [5.74, 6) is -0.716. The Morgan fingerprint density at radius 2 is 2.21 bits per heavy atom.